The van der Waals surface area contributed by atoms with Crippen LogP contribution in [0.5, 0.6) is 0 Å². The minimum Gasteiger partial charge on any atom is -0.389 e. The average molecular weight is 329 g/mol. The first-order valence-electron chi connectivity index (χ1n) is 6.79. The average Bonchev–Trinajstić information content (AvgIpc) is 2.41. The van der Waals surface area contributed by atoms with Gasteiger partial charge < -0.3 is 11.1 Å². The Morgan fingerprint density at radius 1 is 1.50 bits per heavy atom. The van der Waals surface area contributed by atoms with Crippen molar-refractivity contribution in [3.05, 3.63) is 23.8 Å². The Bertz CT molecular complexity index is 509. The van der Waals surface area contributed by atoms with Crippen LogP contribution in [-0.4, -0.2) is 32.5 Å². The number of nitrogens with two attached hydrogens (primary N) is 1. The number of nitrogens with one attached hydrogen (secondary N) is 1. The lowest BCUT2D eigenvalue weighted by atomic mass is 10.1. The van der Waals surface area contributed by atoms with Gasteiger partial charge >= 0.3 is 0 Å². The quantitative estimate of drug-likeness (QED) is 0.643. The Balaban J connectivity index is 2.20. The summed E-state index contributed by atoms with van der Waals surface area (Å²) in [6, 6.07) is 6.48. The molecule has 2 rings (SSSR count). The van der Waals surface area contributed by atoms with Gasteiger partial charge in [-0.05, 0) is 30.7 Å². The molecule has 0 spiro atoms. The van der Waals surface area contributed by atoms with E-state index in [0.29, 0.717) is 11.0 Å². The number of thiocarbonyl (C=S) groups is 1. The summed E-state index contributed by atoms with van der Waals surface area (Å²) in [5.74, 6) is 2.55. The van der Waals surface area contributed by atoms with Crippen molar-refractivity contribution in [1.82, 2.24) is 0 Å². The summed E-state index contributed by atoms with van der Waals surface area (Å²) in [5.41, 5.74) is 7.86. The fraction of sp³-hybridized carbons (Fsp3) is 0.500. The molecule has 0 aromatic heterocycles. The molecular formula is C14H20N2OS3. The van der Waals surface area contributed by atoms with E-state index in [9.17, 15) is 4.21 Å². The first-order chi connectivity index (χ1) is 9.61. The van der Waals surface area contributed by atoms with Crippen molar-refractivity contribution in [2.45, 2.75) is 30.7 Å². The first-order valence-corrected chi connectivity index (χ1v) is 9.67. The van der Waals surface area contributed by atoms with Gasteiger partial charge in [0.25, 0.3) is 0 Å². The molecule has 1 fully saturated rings. The molecule has 1 aliphatic rings. The fourth-order valence-electron chi connectivity index (χ4n) is 2.34. The Morgan fingerprint density at radius 2 is 2.20 bits per heavy atom. The van der Waals surface area contributed by atoms with Crippen molar-refractivity contribution in [3.63, 3.8) is 0 Å². The minimum atomic E-state index is -0.635. The molecule has 1 aromatic carbocycles. The van der Waals surface area contributed by atoms with Crippen LogP contribution in [0.3, 0.4) is 0 Å². The predicted molar refractivity (Wildman–Crippen MR) is 93.2 cm³/mol. The third-order valence-electron chi connectivity index (χ3n) is 3.32. The van der Waals surface area contributed by atoms with E-state index in [1.54, 1.807) is 11.8 Å². The molecule has 0 aliphatic carbocycles. The molecule has 110 valence electrons. The lowest BCUT2D eigenvalue weighted by Gasteiger charge is -2.25. The molecular weight excluding hydrogens is 308 g/mol. The molecule has 0 bridgehead atoms. The highest BCUT2D eigenvalue weighted by molar-refractivity contribution is 7.99. The molecule has 1 aliphatic heterocycles. The van der Waals surface area contributed by atoms with Crippen LogP contribution in [-0.2, 0) is 10.8 Å². The molecule has 20 heavy (non-hydrogen) atoms. The zero-order chi connectivity index (χ0) is 14.5. The third kappa shape index (κ3) is 3.96. The zero-order valence-electron chi connectivity index (χ0n) is 11.6. The highest BCUT2D eigenvalue weighted by Crippen LogP contribution is 2.30. The maximum atomic E-state index is 11.4. The fourth-order valence-corrected chi connectivity index (χ4v) is 4.77. The van der Waals surface area contributed by atoms with Gasteiger partial charge in [-0.2, -0.15) is 0 Å². The molecule has 3 N–H and O–H groups in total. The molecule has 3 nitrogen and oxygen atoms in total. The molecule has 1 aromatic rings. The van der Waals surface area contributed by atoms with Gasteiger partial charge in [0.2, 0.25) is 0 Å². The summed E-state index contributed by atoms with van der Waals surface area (Å²) in [4.78, 5) is 1.56. The standard InChI is InChI=1S/C14H20N2OS3/c1-2-19-12-5-3-4-11(13(12)14(15)18)16-10-6-8-20(17)9-7-10/h3-5,10,16H,2,6-9H2,1H3,(H2,15,18). The van der Waals surface area contributed by atoms with Crippen LogP contribution >= 0.6 is 24.0 Å². The summed E-state index contributed by atoms with van der Waals surface area (Å²) in [7, 11) is -0.635. The van der Waals surface area contributed by atoms with Crippen molar-refractivity contribution in [2.75, 3.05) is 22.6 Å². The van der Waals surface area contributed by atoms with Crippen molar-refractivity contribution in [3.8, 4) is 0 Å². The van der Waals surface area contributed by atoms with Crippen LogP contribution < -0.4 is 11.1 Å². The molecule has 0 amide bonds. The van der Waals surface area contributed by atoms with Crippen LogP contribution in [0.15, 0.2) is 23.1 Å². The van der Waals surface area contributed by atoms with Crippen LogP contribution in [0.4, 0.5) is 5.69 Å². The topological polar surface area (TPSA) is 55.1 Å². The second kappa shape index (κ2) is 7.43. The van der Waals surface area contributed by atoms with Crippen molar-refractivity contribution in [2.24, 2.45) is 5.73 Å². The first kappa shape index (κ1) is 15.8. The van der Waals surface area contributed by atoms with Crippen molar-refractivity contribution in [1.29, 1.82) is 0 Å². The van der Waals surface area contributed by atoms with E-state index < -0.39 is 10.8 Å². The van der Waals surface area contributed by atoms with Crippen molar-refractivity contribution < 1.29 is 4.21 Å². The van der Waals surface area contributed by atoms with E-state index in [-0.39, 0.29) is 0 Å². The van der Waals surface area contributed by atoms with Gasteiger partial charge in [-0.1, -0.05) is 25.2 Å². The maximum Gasteiger partial charge on any atom is 0.107 e. The van der Waals surface area contributed by atoms with Gasteiger partial charge in [0.15, 0.2) is 0 Å². The number of benzene rings is 1. The Labute approximate surface area is 132 Å². The second-order valence-corrected chi connectivity index (χ2v) is 8.18. The van der Waals surface area contributed by atoms with Crippen LogP contribution in [0.25, 0.3) is 0 Å². The largest absolute Gasteiger partial charge is 0.389 e. The summed E-state index contributed by atoms with van der Waals surface area (Å²) in [5, 5.41) is 3.53. The zero-order valence-corrected chi connectivity index (χ0v) is 14.0. The molecule has 0 unspecified atom stereocenters. The number of thioether (sulfide) groups is 1. The number of anilines is 1. The van der Waals surface area contributed by atoms with Crippen LogP contribution in [0.2, 0.25) is 0 Å². The molecule has 0 atom stereocenters. The van der Waals surface area contributed by atoms with Gasteiger partial charge in [0.05, 0.1) is 0 Å². The van der Waals surface area contributed by atoms with Gasteiger partial charge in [-0.25, -0.2) is 0 Å². The Kier molecular flexibility index (Phi) is 5.86. The number of hydrogen-bond acceptors (Lipinski definition) is 4. The lowest BCUT2D eigenvalue weighted by Crippen LogP contribution is -2.30. The summed E-state index contributed by atoms with van der Waals surface area (Å²) in [6.45, 7) is 2.12. The Hall–Kier alpha value is -0.590. The molecule has 0 saturated carbocycles. The number of rotatable bonds is 5. The minimum absolute atomic E-state index is 0.364. The molecule has 1 heterocycles. The van der Waals surface area contributed by atoms with Crippen LogP contribution in [0, 0.1) is 0 Å². The van der Waals surface area contributed by atoms with E-state index in [2.05, 4.69) is 18.3 Å². The normalized spacial score (nSPS) is 22.4. The van der Waals surface area contributed by atoms with Gasteiger partial charge in [-0.15, -0.1) is 11.8 Å². The maximum absolute atomic E-state index is 11.4. The molecule has 0 radical (unpaired) electrons. The second-order valence-electron chi connectivity index (χ2n) is 4.74. The molecule has 1 saturated heterocycles. The molecule has 6 heteroatoms. The van der Waals surface area contributed by atoms with Crippen LogP contribution in [0.1, 0.15) is 25.3 Å². The summed E-state index contributed by atoms with van der Waals surface area (Å²) < 4.78 is 11.4. The third-order valence-corrected chi connectivity index (χ3v) is 5.85. The number of hydrogen-bond donors (Lipinski definition) is 2. The van der Waals surface area contributed by atoms with E-state index in [1.807, 2.05) is 12.1 Å². The van der Waals surface area contributed by atoms with E-state index in [1.165, 1.54) is 0 Å². The Morgan fingerprint density at radius 3 is 2.80 bits per heavy atom. The highest BCUT2D eigenvalue weighted by atomic mass is 32.2. The monoisotopic (exact) mass is 328 g/mol. The van der Waals surface area contributed by atoms with Gasteiger partial charge in [-0.3, -0.25) is 4.21 Å². The lowest BCUT2D eigenvalue weighted by molar-refractivity contribution is 0.624. The van der Waals surface area contributed by atoms with E-state index in [0.717, 1.165) is 46.2 Å². The van der Waals surface area contributed by atoms with E-state index >= 15 is 0 Å². The van der Waals surface area contributed by atoms with Gasteiger partial charge in [0, 0.05) is 44.5 Å². The van der Waals surface area contributed by atoms with Gasteiger partial charge in [0.1, 0.15) is 4.99 Å². The van der Waals surface area contributed by atoms with E-state index in [4.69, 9.17) is 18.0 Å². The van der Waals surface area contributed by atoms with Crippen molar-refractivity contribution >= 4 is 45.5 Å². The predicted octanol–water partition coefficient (Wildman–Crippen LogP) is 2.76. The SMILES string of the molecule is CCSc1cccc(NC2CCS(=O)CC2)c1C(N)=S. The highest BCUT2D eigenvalue weighted by Gasteiger charge is 2.19. The smallest absolute Gasteiger partial charge is 0.107 e. The summed E-state index contributed by atoms with van der Waals surface area (Å²) >= 11 is 6.96. The summed E-state index contributed by atoms with van der Waals surface area (Å²) in [6.07, 6.45) is 1.88.